The molecule has 0 aliphatic rings. The van der Waals surface area contributed by atoms with Gasteiger partial charge in [-0.15, -0.1) is 0 Å². The number of aliphatic imine (C=N–C) groups is 1. The first-order chi connectivity index (χ1) is 12.9. The summed E-state index contributed by atoms with van der Waals surface area (Å²) in [5, 5.41) is 6.08. The van der Waals surface area contributed by atoms with E-state index < -0.39 is 0 Å². The van der Waals surface area contributed by atoms with E-state index in [1.165, 1.54) is 12.1 Å². The summed E-state index contributed by atoms with van der Waals surface area (Å²) in [5.74, 6) is 0.349. The van der Waals surface area contributed by atoms with Gasteiger partial charge < -0.3 is 20.1 Å². The first-order valence-electron chi connectivity index (χ1n) is 8.62. The van der Waals surface area contributed by atoms with Gasteiger partial charge in [0.2, 0.25) is 5.91 Å². The maximum Gasteiger partial charge on any atom is 0.224 e. The van der Waals surface area contributed by atoms with Crippen molar-refractivity contribution in [2.24, 2.45) is 12.0 Å². The molecule has 1 aromatic heterocycles. The van der Waals surface area contributed by atoms with Gasteiger partial charge in [0.1, 0.15) is 5.82 Å². The largest absolute Gasteiger partial charge is 0.354 e. The molecule has 27 heavy (non-hydrogen) atoms. The molecular weight excluding hydrogens is 413 g/mol. The molecule has 8 heteroatoms. The number of carbonyl (C=O) groups excluding carboxylic acids is 1. The Bertz CT molecular complexity index is 788. The van der Waals surface area contributed by atoms with Gasteiger partial charge in [-0.1, -0.05) is 12.1 Å². The van der Waals surface area contributed by atoms with Crippen LogP contribution in [0.15, 0.2) is 46.0 Å². The molecule has 0 spiro atoms. The number of aromatic nitrogens is 1. The predicted molar refractivity (Wildman–Crippen MR) is 109 cm³/mol. The highest BCUT2D eigenvalue weighted by Crippen LogP contribution is 2.14. The molecule has 2 aromatic rings. The zero-order chi connectivity index (χ0) is 19.8. The van der Waals surface area contributed by atoms with Gasteiger partial charge in [0.15, 0.2) is 5.96 Å². The molecule has 0 saturated carbocycles. The van der Waals surface area contributed by atoms with Crippen molar-refractivity contribution in [3.05, 3.63) is 58.1 Å². The molecule has 6 nitrogen and oxygen atoms in total. The third kappa shape index (κ3) is 6.71. The van der Waals surface area contributed by atoms with Crippen molar-refractivity contribution in [2.45, 2.75) is 13.0 Å². The maximum absolute atomic E-state index is 12.9. The summed E-state index contributed by atoms with van der Waals surface area (Å²) in [5.41, 5.74) is 1.94. The fourth-order valence-corrected chi connectivity index (χ4v) is 3.22. The summed E-state index contributed by atoms with van der Waals surface area (Å²) in [6, 6.07) is 8.02. The Labute approximate surface area is 167 Å². The van der Waals surface area contributed by atoms with E-state index in [4.69, 9.17) is 0 Å². The van der Waals surface area contributed by atoms with Crippen LogP contribution in [-0.2, 0) is 24.8 Å². The molecule has 2 N–H and O–H groups in total. The molecule has 2 rings (SSSR count). The first kappa shape index (κ1) is 21.0. The van der Waals surface area contributed by atoms with E-state index in [2.05, 4.69) is 42.2 Å². The second kappa shape index (κ2) is 10.1. The number of aryl methyl sites for hydroxylation is 1. The van der Waals surface area contributed by atoms with E-state index in [1.54, 1.807) is 19.2 Å². The summed E-state index contributed by atoms with van der Waals surface area (Å²) < 4.78 is 16.0. The summed E-state index contributed by atoms with van der Waals surface area (Å²) in [6.45, 7) is 1.74. The van der Waals surface area contributed by atoms with Crippen molar-refractivity contribution in [3.8, 4) is 0 Å². The molecule has 1 amide bonds. The van der Waals surface area contributed by atoms with Crippen LogP contribution in [0, 0.1) is 5.82 Å². The highest BCUT2D eigenvalue weighted by Gasteiger charge is 2.10. The molecule has 0 atom stereocenters. The van der Waals surface area contributed by atoms with Crippen molar-refractivity contribution in [3.63, 3.8) is 0 Å². The maximum atomic E-state index is 12.9. The van der Waals surface area contributed by atoms with Gasteiger partial charge in [-0.2, -0.15) is 0 Å². The summed E-state index contributed by atoms with van der Waals surface area (Å²) >= 11 is 3.47. The normalized spacial score (nSPS) is 11.4. The fraction of sp³-hybridized carbons (Fsp3) is 0.368. The molecule has 0 unspecified atom stereocenters. The molecule has 0 aliphatic heterocycles. The van der Waals surface area contributed by atoms with Crippen molar-refractivity contribution >= 4 is 27.8 Å². The van der Waals surface area contributed by atoms with Crippen molar-refractivity contribution in [1.29, 1.82) is 0 Å². The molecule has 0 radical (unpaired) electrons. The number of rotatable bonds is 7. The predicted octanol–water partition coefficient (Wildman–Crippen LogP) is 2.29. The van der Waals surface area contributed by atoms with Crippen molar-refractivity contribution < 1.29 is 9.18 Å². The second-order valence-corrected chi connectivity index (χ2v) is 7.16. The SMILES string of the molecule is CN=C(NCCNC(=O)Cc1ccc(F)cc1)N(C)Cc1cc(Br)cn1C. The fourth-order valence-electron chi connectivity index (χ4n) is 2.65. The summed E-state index contributed by atoms with van der Waals surface area (Å²) in [4.78, 5) is 18.2. The Morgan fingerprint density at radius 1 is 1.26 bits per heavy atom. The number of amides is 1. The van der Waals surface area contributed by atoms with Crippen LogP contribution < -0.4 is 10.6 Å². The number of guanidine groups is 1. The van der Waals surface area contributed by atoms with Crippen LogP contribution in [0.3, 0.4) is 0 Å². The van der Waals surface area contributed by atoms with Gasteiger partial charge in [-0.05, 0) is 39.7 Å². The lowest BCUT2D eigenvalue weighted by Crippen LogP contribution is -2.42. The van der Waals surface area contributed by atoms with Gasteiger partial charge >= 0.3 is 0 Å². The minimum atomic E-state index is -0.304. The van der Waals surface area contributed by atoms with Crippen LogP contribution >= 0.6 is 15.9 Å². The average Bonchev–Trinajstić information content (AvgIpc) is 2.94. The second-order valence-electron chi connectivity index (χ2n) is 6.24. The third-order valence-corrected chi connectivity index (χ3v) is 4.49. The Morgan fingerprint density at radius 3 is 2.52 bits per heavy atom. The van der Waals surface area contributed by atoms with E-state index in [-0.39, 0.29) is 18.1 Å². The zero-order valence-electron chi connectivity index (χ0n) is 15.8. The number of halogens is 2. The van der Waals surface area contributed by atoms with Gasteiger partial charge in [-0.25, -0.2) is 4.39 Å². The number of benzene rings is 1. The van der Waals surface area contributed by atoms with Gasteiger partial charge in [0, 0.05) is 50.6 Å². The minimum Gasteiger partial charge on any atom is -0.354 e. The van der Waals surface area contributed by atoms with Crippen molar-refractivity contribution in [2.75, 3.05) is 27.2 Å². The number of hydrogen-bond donors (Lipinski definition) is 2. The molecule has 0 aliphatic carbocycles. The number of hydrogen-bond acceptors (Lipinski definition) is 2. The Morgan fingerprint density at radius 2 is 1.93 bits per heavy atom. The first-order valence-corrected chi connectivity index (χ1v) is 9.42. The van der Waals surface area contributed by atoms with Crippen LogP contribution in [0.1, 0.15) is 11.3 Å². The highest BCUT2D eigenvalue weighted by molar-refractivity contribution is 9.10. The van der Waals surface area contributed by atoms with Gasteiger partial charge in [-0.3, -0.25) is 9.79 Å². The minimum absolute atomic E-state index is 0.0968. The van der Waals surface area contributed by atoms with Crippen LogP contribution in [-0.4, -0.2) is 48.5 Å². The Kier molecular flexibility index (Phi) is 7.84. The highest BCUT2D eigenvalue weighted by atomic mass is 79.9. The molecular formula is C19H25BrFN5O. The molecule has 0 bridgehead atoms. The standard InChI is InChI=1S/C19H25BrFN5O/c1-22-19(26(3)13-17-11-15(20)12-25(17)2)24-9-8-23-18(27)10-14-4-6-16(21)7-5-14/h4-7,11-12H,8-10,13H2,1-3H3,(H,22,24)(H,23,27). The molecule has 0 saturated heterocycles. The van der Waals surface area contributed by atoms with Crippen LogP contribution in [0.25, 0.3) is 0 Å². The Hall–Kier alpha value is -2.35. The van der Waals surface area contributed by atoms with Crippen LogP contribution in [0.5, 0.6) is 0 Å². The number of carbonyl (C=O) groups is 1. The topological polar surface area (TPSA) is 61.7 Å². The lowest BCUT2D eigenvalue weighted by atomic mass is 10.1. The smallest absolute Gasteiger partial charge is 0.224 e. The quantitative estimate of drug-likeness (QED) is 0.396. The summed E-state index contributed by atoms with van der Waals surface area (Å²) in [7, 11) is 5.69. The third-order valence-electron chi connectivity index (χ3n) is 4.06. The van der Waals surface area contributed by atoms with Crippen molar-refractivity contribution in [1.82, 2.24) is 20.1 Å². The lowest BCUT2D eigenvalue weighted by molar-refractivity contribution is -0.120. The number of nitrogens with one attached hydrogen (secondary N) is 2. The Balaban J connectivity index is 1.73. The van der Waals surface area contributed by atoms with Crippen LogP contribution in [0.4, 0.5) is 4.39 Å². The van der Waals surface area contributed by atoms with Crippen LogP contribution in [0.2, 0.25) is 0 Å². The van der Waals surface area contributed by atoms with E-state index in [0.29, 0.717) is 19.6 Å². The zero-order valence-corrected chi connectivity index (χ0v) is 17.4. The monoisotopic (exact) mass is 437 g/mol. The average molecular weight is 438 g/mol. The summed E-state index contributed by atoms with van der Waals surface area (Å²) in [6.07, 6.45) is 2.24. The molecule has 0 fully saturated rings. The van der Waals surface area contributed by atoms with Gasteiger partial charge in [0.25, 0.3) is 0 Å². The van der Waals surface area contributed by atoms with E-state index in [1.807, 2.05) is 25.2 Å². The van der Waals surface area contributed by atoms with E-state index in [9.17, 15) is 9.18 Å². The number of nitrogens with zero attached hydrogens (tertiary/aromatic N) is 3. The molecule has 1 heterocycles. The molecule has 1 aromatic carbocycles. The lowest BCUT2D eigenvalue weighted by Gasteiger charge is -2.22. The van der Waals surface area contributed by atoms with E-state index in [0.717, 1.165) is 21.7 Å². The van der Waals surface area contributed by atoms with E-state index >= 15 is 0 Å². The van der Waals surface area contributed by atoms with Gasteiger partial charge in [0.05, 0.1) is 13.0 Å². The molecule has 146 valence electrons.